The molecule has 0 aliphatic rings. The minimum Gasteiger partial charge on any atom is -0.489 e. The summed E-state index contributed by atoms with van der Waals surface area (Å²) < 4.78 is 18.8. The van der Waals surface area contributed by atoms with Crippen LogP contribution in [0, 0.1) is 12.7 Å². The van der Waals surface area contributed by atoms with E-state index in [1.165, 1.54) is 12.1 Å². The highest BCUT2D eigenvalue weighted by Crippen LogP contribution is 2.22. The van der Waals surface area contributed by atoms with Gasteiger partial charge < -0.3 is 15.4 Å². The average Bonchev–Trinajstić information content (AvgIpc) is 2.53. The van der Waals surface area contributed by atoms with Crippen molar-refractivity contribution in [3.63, 3.8) is 0 Å². The van der Waals surface area contributed by atoms with E-state index in [0.717, 1.165) is 16.8 Å². The van der Waals surface area contributed by atoms with E-state index in [1.807, 2.05) is 32.2 Å². The molecule has 24 heavy (non-hydrogen) atoms. The highest BCUT2D eigenvalue weighted by Gasteiger charge is 2.06. The van der Waals surface area contributed by atoms with Gasteiger partial charge in [-0.25, -0.2) is 4.39 Å². The lowest BCUT2D eigenvalue weighted by Crippen LogP contribution is -2.19. The van der Waals surface area contributed by atoms with Crippen molar-refractivity contribution in [2.24, 2.45) is 0 Å². The molecule has 0 atom stereocenters. The number of hydrogen-bond donors (Lipinski definition) is 2. The lowest BCUT2D eigenvalue weighted by atomic mass is 10.2. The Hall–Kier alpha value is -2.11. The number of nitrogens with one attached hydrogen (secondary N) is 2. The fraction of sp³-hybridized carbons (Fsp3) is 0.278. The second-order valence-electron chi connectivity index (χ2n) is 5.30. The fourth-order valence-electron chi connectivity index (χ4n) is 2.11. The molecule has 0 fully saturated rings. The standard InChI is InChI=1S/C18H21FN2O2.ClH/c1-13-10-16(23-12-14-4-3-5-15(19)11-14)6-7-17(13)21-18(22)8-9-20-2;/h3-7,10-11,20H,8-9,12H2,1-2H3,(H,21,22);1H. The molecule has 0 spiro atoms. The quantitative estimate of drug-likeness (QED) is 0.799. The van der Waals surface area contributed by atoms with Crippen LogP contribution in [0.3, 0.4) is 0 Å². The SMILES string of the molecule is CNCCC(=O)Nc1ccc(OCc2cccc(F)c2)cc1C.Cl. The number of halogens is 2. The summed E-state index contributed by atoms with van der Waals surface area (Å²) in [5, 5.41) is 5.81. The van der Waals surface area contributed by atoms with Crippen molar-refractivity contribution >= 4 is 24.0 Å². The minimum absolute atomic E-state index is 0. The predicted octanol–water partition coefficient (Wildman–Crippen LogP) is 3.68. The zero-order valence-electron chi connectivity index (χ0n) is 13.8. The van der Waals surface area contributed by atoms with E-state index in [2.05, 4.69) is 10.6 Å². The van der Waals surface area contributed by atoms with E-state index in [1.54, 1.807) is 12.1 Å². The fourth-order valence-corrected chi connectivity index (χ4v) is 2.11. The van der Waals surface area contributed by atoms with Gasteiger partial charge in [-0.1, -0.05) is 12.1 Å². The summed E-state index contributed by atoms with van der Waals surface area (Å²) >= 11 is 0. The Morgan fingerprint density at radius 1 is 1.21 bits per heavy atom. The van der Waals surface area contributed by atoms with E-state index in [0.29, 0.717) is 25.3 Å². The lowest BCUT2D eigenvalue weighted by Gasteiger charge is -2.11. The number of rotatable bonds is 7. The summed E-state index contributed by atoms with van der Waals surface area (Å²) in [5.41, 5.74) is 2.45. The molecule has 4 nitrogen and oxygen atoms in total. The third-order valence-electron chi connectivity index (χ3n) is 3.37. The Morgan fingerprint density at radius 2 is 2.00 bits per heavy atom. The van der Waals surface area contributed by atoms with Gasteiger partial charge in [-0.05, 0) is 55.4 Å². The van der Waals surface area contributed by atoms with Gasteiger partial charge in [0.05, 0.1) is 0 Å². The molecule has 0 aliphatic heterocycles. The van der Waals surface area contributed by atoms with Crippen LogP contribution in [0.4, 0.5) is 10.1 Å². The van der Waals surface area contributed by atoms with E-state index in [-0.39, 0.29) is 24.1 Å². The van der Waals surface area contributed by atoms with E-state index in [4.69, 9.17) is 4.74 Å². The number of hydrogen-bond acceptors (Lipinski definition) is 3. The third-order valence-corrected chi connectivity index (χ3v) is 3.37. The Morgan fingerprint density at radius 3 is 2.67 bits per heavy atom. The highest BCUT2D eigenvalue weighted by atomic mass is 35.5. The van der Waals surface area contributed by atoms with Gasteiger partial charge in [0.1, 0.15) is 18.2 Å². The largest absolute Gasteiger partial charge is 0.489 e. The van der Waals surface area contributed by atoms with Crippen molar-refractivity contribution < 1.29 is 13.9 Å². The van der Waals surface area contributed by atoms with Crippen LogP contribution in [0.2, 0.25) is 0 Å². The van der Waals surface area contributed by atoms with Gasteiger partial charge in [0, 0.05) is 18.7 Å². The van der Waals surface area contributed by atoms with Crippen molar-refractivity contribution in [1.82, 2.24) is 5.32 Å². The Balaban J connectivity index is 0.00000288. The maximum atomic E-state index is 13.1. The van der Waals surface area contributed by atoms with E-state index < -0.39 is 0 Å². The first-order valence-corrected chi connectivity index (χ1v) is 7.51. The maximum Gasteiger partial charge on any atom is 0.225 e. The van der Waals surface area contributed by atoms with Crippen LogP contribution in [0.25, 0.3) is 0 Å². The molecule has 0 unspecified atom stereocenters. The topological polar surface area (TPSA) is 50.4 Å². The number of ether oxygens (including phenoxy) is 1. The number of anilines is 1. The maximum absolute atomic E-state index is 13.1. The van der Waals surface area contributed by atoms with Gasteiger partial charge in [0.15, 0.2) is 0 Å². The van der Waals surface area contributed by atoms with Crippen molar-refractivity contribution in [2.75, 3.05) is 18.9 Å². The zero-order valence-corrected chi connectivity index (χ0v) is 14.6. The minimum atomic E-state index is -0.276. The van der Waals surface area contributed by atoms with Crippen LogP contribution in [0.1, 0.15) is 17.5 Å². The first kappa shape index (κ1) is 19.9. The summed E-state index contributed by atoms with van der Waals surface area (Å²) in [5.74, 6) is 0.373. The second-order valence-corrected chi connectivity index (χ2v) is 5.30. The number of amides is 1. The molecule has 0 aliphatic carbocycles. The van der Waals surface area contributed by atoms with Crippen LogP contribution in [-0.4, -0.2) is 19.5 Å². The summed E-state index contributed by atoms with van der Waals surface area (Å²) in [6.07, 6.45) is 0.424. The van der Waals surface area contributed by atoms with Crippen LogP contribution in [0.15, 0.2) is 42.5 Å². The molecule has 2 aromatic rings. The monoisotopic (exact) mass is 352 g/mol. The molecular weight excluding hydrogens is 331 g/mol. The van der Waals surface area contributed by atoms with Gasteiger partial charge in [-0.3, -0.25) is 4.79 Å². The summed E-state index contributed by atoms with van der Waals surface area (Å²) in [4.78, 5) is 11.7. The number of carbonyl (C=O) groups is 1. The molecule has 0 saturated carbocycles. The lowest BCUT2D eigenvalue weighted by molar-refractivity contribution is -0.116. The summed E-state index contributed by atoms with van der Waals surface area (Å²) in [7, 11) is 1.81. The molecule has 0 bridgehead atoms. The first-order chi connectivity index (χ1) is 11.1. The van der Waals surface area contributed by atoms with E-state index in [9.17, 15) is 9.18 Å². The summed E-state index contributed by atoms with van der Waals surface area (Å²) in [6, 6.07) is 11.8. The van der Waals surface area contributed by atoms with Crippen molar-refractivity contribution in [1.29, 1.82) is 0 Å². The summed E-state index contributed by atoms with van der Waals surface area (Å²) in [6.45, 7) is 2.84. The molecule has 6 heteroatoms. The van der Waals surface area contributed by atoms with Gasteiger partial charge in [0.2, 0.25) is 5.91 Å². The van der Waals surface area contributed by atoms with Gasteiger partial charge >= 0.3 is 0 Å². The van der Waals surface area contributed by atoms with Crippen LogP contribution < -0.4 is 15.4 Å². The second kappa shape index (κ2) is 9.90. The molecular formula is C18H22ClFN2O2. The Labute approximate surface area is 147 Å². The van der Waals surface area contributed by atoms with Crippen molar-refractivity contribution in [3.8, 4) is 5.75 Å². The Bertz CT molecular complexity index is 680. The smallest absolute Gasteiger partial charge is 0.225 e. The van der Waals surface area contributed by atoms with Crippen molar-refractivity contribution in [2.45, 2.75) is 20.0 Å². The normalized spacial score (nSPS) is 9.96. The zero-order chi connectivity index (χ0) is 16.7. The predicted molar refractivity (Wildman–Crippen MR) is 96.3 cm³/mol. The molecule has 2 N–H and O–H groups in total. The van der Waals surface area contributed by atoms with E-state index >= 15 is 0 Å². The molecule has 0 heterocycles. The molecule has 2 rings (SSSR count). The number of aryl methyl sites for hydroxylation is 1. The third kappa shape index (κ3) is 6.18. The number of benzene rings is 2. The molecule has 130 valence electrons. The molecule has 0 aromatic heterocycles. The molecule has 2 aromatic carbocycles. The van der Waals surface area contributed by atoms with Crippen molar-refractivity contribution in [3.05, 3.63) is 59.4 Å². The average molecular weight is 353 g/mol. The van der Waals surface area contributed by atoms with Crippen LogP contribution in [0.5, 0.6) is 5.75 Å². The molecule has 0 radical (unpaired) electrons. The highest BCUT2D eigenvalue weighted by molar-refractivity contribution is 5.91. The van der Waals surface area contributed by atoms with Gasteiger partial charge in [0.25, 0.3) is 0 Å². The Kier molecular flexibility index (Phi) is 8.22. The van der Waals surface area contributed by atoms with Gasteiger partial charge in [-0.15, -0.1) is 12.4 Å². The molecule has 1 amide bonds. The number of carbonyl (C=O) groups excluding carboxylic acids is 1. The van der Waals surface area contributed by atoms with Crippen LogP contribution in [-0.2, 0) is 11.4 Å². The first-order valence-electron chi connectivity index (χ1n) is 7.51. The van der Waals surface area contributed by atoms with Gasteiger partial charge in [-0.2, -0.15) is 0 Å². The molecule has 0 saturated heterocycles. The van der Waals surface area contributed by atoms with Crippen LogP contribution >= 0.6 is 12.4 Å².